The summed E-state index contributed by atoms with van der Waals surface area (Å²) in [5.41, 5.74) is 0.973. The molecule has 0 saturated heterocycles. The Morgan fingerprint density at radius 2 is 2.27 bits per heavy atom. The minimum atomic E-state index is -0.197. The van der Waals surface area contributed by atoms with Gasteiger partial charge < -0.3 is 4.74 Å². The first-order chi connectivity index (χ1) is 7.26. The van der Waals surface area contributed by atoms with Gasteiger partial charge in [-0.05, 0) is 37.0 Å². The molecule has 1 aromatic rings. The summed E-state index contributed by atoms with van der Waals surface area (Å²) in [6, 6.07) is 6.62. The van der Waals surface area contributed by atoms with Gasteiger partial charge in [-0.3, -0.25) is 0 Å². The number of alkyl halides is 1. The lowest BCUT2D eigenvalue weighted by molar-refractivity contribution is 0.117. The van der Waals surface area contributed by atoms with Crippen LogP contribution in [0.5, 0.6) is 0 Å². The van der Waals surface area contributed by atoms with Gasteiger partial charge in [0, 0.05) is 12.5 Å². The normalized spacial score (nSPS) is 12.7. The third kappa shape index (κ3) is 4.63. The number of ether oxygens (including phenoxy) is 1. The third-order valence-electron chi connectivity index (χ3n) is 2.19. The van der Waals surface area contributed by atoms with Crippen molar-refractivity contribution in [3.8, 4) is 0 Å². The van der Waals surface area contributed by atoms with E-state index in [2.05, 4.69) is 0 Å². The Hall–Kier alpha value is -0.600. The molecular formula is C12H16ClFO. The molecule has 1 atom stereocenters. The van der Waals surface area contributed by atoms with Crippen LogP contribution in [0.3, 0.4) is 0 Å². The summed E-state index contributed by atoms with van der Waals surface area (Å²) in [5, 5.41) is 0. The Morgan fingerprint density at radius 1 is 1.47 bits per heavy atom. The molecule has 1 rings (SSSR count). The molecule has 1 nitrogen and oxygen atoms in total. The van der Waals surface area contributed by atoms with Gasteiger partial charge in [0.15, 0.2) is 0 Å². The van der Waals surface area contributed by atoms with Crippen molar-refractivity contribution in [3.05, 3.63) is 35.6 Å². The highest BCUT2D eigenvalue weighted by Gasteiger charge is 2.08. The molecule has 0 saturated carbocycles. The van der Waals surface area contributed by atoms with E-state index >= 15 is 0 Å². The van der Waals surface area contributed by atoms with Crippen LogP contribution in [0.4, 0.5) is 4.39 Å². The van der Waals surface area contributed by atoms with Crippen LogP contribution in [-0.4, -0.2) is 19.1 Å². The Balaban J connectivity index is 2.50. The van der Waals surface area contributed by atoms with Crippen LogP contribution in [0.25, 0.3) is 0 Å². The first-order valence-electron chi connectivity index (χ1n) is 5.14. The molecular weight excluding hydrogens is 215 g/mol. The van der Waals surface area contributed by atoms with Crippen molar-refractivity contribution < 1.29 is 9.13 Å². The van der Waals surface area contributed by atoms with Gasteiger partial charge in [-0.15, -0.1) is 11.6 Å². The number of halogens is 2. The fourth-order valence-electron chi connectivity index (χ4n) is 1.44. The lowest BCUT2D eigenvalue weighted by Crippen LogP contribution is -2.14. The second kappa shape index (κ2) is 6.81. The Bertz CT molecular complexity index is 291. The van der Waals surface area contributed by atoms with Crippen molar-refractivity contribution in [2.24, 2.45) is 5.92 Å². The topological polar surface area (TPSA) is 9.23 Å². The third-order valence-corrected chi connectivity index (χ3v) is 2.63. The zero-order chi connectivity index (χ0) is 11.1. The molecule has 0 aliphatic carbocycles. The van der Waals surface area contributed by atoms with Gasteiger partial charge >= 0.3 is 0 Å². The van der Waals surface area contributed by atoms with Crippen molar-refractivity contribution in [1.29, 1.82) is 0 Å². The molecule has 0 aliphatic heterocycles. The molecule has 0 N–H and O–H groups in total. The number of rotatable bonds is 6. The fraction of sp³-hybridized carbons (Fsp3) is 0.500. The van der Waals surface area contributed by atoms with Crippen molar-refractivity contribution in [1.82, 2.24) is 0 Å². The van der Waals surface area contributed by atoms with Gasteiger partial charge in [0.25, 0.3) is 0 Å². The molecule has 0 amide bonds. The van der Waals surface area contributed by atoms with Gasteiger partial charge in [0.05, 0.1) is 6.61 Å². The minimum absolute atomic E-state index is 0.197. The smallest absolute Gasteiger partial charge is 0.123 e. The summed E-state index contributed by atoms with van der Waals surface area (Å²) < 4.78 is 18.2. The summed E-state index contributed by atoms with van der Waals surface area (Å²) in [6.45, 7) is 3.28. The lowest BCUT2D eigenvalue weighted by Gasteiger charge is -2.13. The van der Waals surface area contributed by atoms with Gasteiger partial charge in [-0.1, -0.05) is 12.1 Å². The van der Waals surface area contributed by atoms with Crippen LogP contribution < -0.4 is 0 Å². The van der Waals surface area contributed by atoms with Crippen molar-refractivity contribution >= 4 is 11.6 Å². The van der Waals surface area contributed by atoms with Crippen LogP contribution >= 0.6 is 11.6 Å². The monoisotopic (exact) mass is 230 g/mol. The van der Waals surface area contributed by atoms with E-state index in [0.717, 1.165) is 12.0 Å². The molecule has 3 heteroatoms. The average molecular weight is 231 g/mol. The second-order valence-electron chi connectivity index (χ2n) is 3.51. The predicted octanol–water partition coefficient (Wildman–Crippen LogP) is 3.26. The highest BCUT2D eigenvalue weighted by atomic mass is 35.5. The maximum absolute atomic E-state index is 12.9. The number of benzene rings is 1. The highest BCUT2D eigenvalue weighted by molar-refractivity contribution is 6.18. The molecule has 1 unspecified atom stereocenters. The van der Waals surface area contributed by atoms with Crippen LogP contribution in [0.2, 0.25) is 0 Å². The van der Waals surface area contributed by atoms with Crippen molar-refractivity contribution in [2.45, 2.75) is 13.3 Å². The van der Waals surface area contributed by atoms with Gasteiger partial charge in [0.2, 0.25) is 0 Å². The minimum Gasteiger partial charge on any atom is -0.381 e. The molecule has 1 aromatic carbocycles. The van der Waals surface area contributed by atoms with E-state index in [1.807, 2.05) is 13.0 Å². The molecule has 15 heavy (non-hydrogen) atoms. The van der Waals surface area contributed by atoms with Gasteiger partial charge in [-0.2, -0.15) is 0 Å². The van der Waals surface area contributed by atoms with Crippen molar-refractivity contribution in [2.75, 3.05) is 19.1 Å². The van der Waals surface area contributed by atoms with E-state index < -0.39 is 0 Å². The Labute approximate surface area is 95.2 Å². The molecule has 0 radical (unpaired) electrons. The first-order valence-corrected chi connectivity index (χ1v) is 5.67. The average Bonchev–Trinajstić information content (AvgIpc) is 2.24. The van der Waals surface area contributed by atoms with E-state index in [4.69, 9.17) is 16.3 Å². The SMILES string of the molecule is CCOCC(CCl)Cc1cccc(F)c1. The zero-order valence-electron chi connectivity index (χ0n) is 8.88. The number of hydrogen-bond donors (Lipinski definition) is 0. The molecule has 84 valence electrons. The van der Waals surface area contributed by atoms with Gasteiger partial charge in [-0.25, -0.2) is 4.39 Å². The van der Waals surface area contributed by atoms with Crippen LogP contribution in [0.15, 0.2) is 24.3 Å². The largest absolute Gasteiger partial charge is 0.381 e. The standard InChI is InChI=1S/C12H16ClFO/c1-2-15-9-11(8-13)6-10-4-3-5-12(14)7-10/h3-5,7,11H,2,6,8-9H2,1H3. The Kier molecular flexibility index (Phi) is 5.66. The summed E-state index contributed by atoms with van der Waals surface area (Å²) in [7, 11) is 0. The second-order valence-corrected chi connectivity index (χ2v) is 3.82. The van der Waals surface area contributed by atoms with Crippen molar-refractivity contribution in [3.63, 3.8) is 0 Å². The summed E-state index contributed by atoms with van der Waals surface area (Å²) in [6.07, 6.45) is 0.765. The molecule has 0 heterocycles. The molecule has 0 fully saturated rings. The molecule has 0 aromatic heterocycles. The maximum atomic E-state index is 12.9. The van der Waals surface area contributed by atoms with E-state index in [0.29, 0.717) is 19.1 Å². The van der Waals surface area contributed by atoms with Crippen LogP contribution in [-0.2, 0) is 11.2 Å². The first kappa shape index (κ1) is 12.5. The fourth-order valence-corrected chi connectivity index (χ4v) is 1.64. The molecule has 0 spiro atoms. The predicted molar refractivity (Wildman–Crippen MR) is 60.8 cm³/mol. The van der Waals surface area contributed by atoms with Crippen LogP contribution in [0.1, 0.15) is 12.5 Å². The summed E-state index contributed by atoms with van der Waals surface area (Å²) in [5.74, 6) is 0.599. The highest BCUT2D eigenvalue weighted by Crippen LogP contribution is 2.12. The number of hydrogen-bond acceptors (Lipinski definition) is 1. The quantitative estimate of drug-likeness (QED) is 0.682. The van der Waals surface area contributed by atoms with Gasteiger partial charge in [0.1, 0.15) is 5.82 Å². The Morgan fingerprint density at radius 3 is 2.87 bits per heavy atom. The summed E-state index contributed by atoms with van der Waals surface area (Å²) >= 11 is 5.82. The zero-order valence-corrected chi connectivity index (χ0v) is 9.64. The van der Waals surface area contributed by atoms with E-state index in [1.165, 1.54) is 6.07 Å². The lowest BCUT2D eigenvalue weighted by atomic mass is 10.0. The van der Waals surface area contributed by atoms with E-state index in [9.17, 15) is 4.39 Å². The van der Waals surface area contributed by atoms with Crippen LogP contribution in [0, 0.1) is 11.7 Å². The molecule has 0 bridgehead atoms. The molecule has 0 aliphatic rings. The van der Waals surface area contributed by atoms with E-state index in [-0.39, 0.29) is 11.7 Å². The van der Waals surface area contributed by atoms with E-state index in [1.54, 1.807) is 12.1 Å². The summed E-state index contributed by atoms with van der Waals surface area (Å²) in [4.78, 5) is 0. The maximum Gasteiger partial charge on any atom is 0.123 e.